The molecule has 0 spiro atoms. The molecule has 104 valence electrons. The van der Waals surface area contributed by atoms with E-state index in [1.165, 1.54) is 17.1 Å². The van der Waals surface area contributed by atoms with Gasteiger partial charge in [-0.05, 0) is 12.8 Å². The summed E-state index contributed by atoms with van der Waals surface area (Å²) in [6.45, 7) is -0.241. The van der Waals surface area contributed by atoms with Gasteiger partial charge >= 0.3 is 5.97 Å². The molecule has 0 saturated heterocycles. The van der Waals surface area contributed by atoms with Gasteiger partial charge in [-0.25, -0.2) is 0 Å². The Balaban J connectivity index is 1.65. The number of hydrogen-bond donors (Lipinski definition) is 2. The maximum atomic E-state index is 12.0. The molecule has 1 fully saturated rings. The van der Waals surface area contributed by atoms with E-state index in [1.807, 2.05) is 0 Å². The van der Waals surface area contributed by atoms with E-state index in [9.17, 15) is 9.59 Å². The summed E-state index contributed by atoms with van der Waals surface area (Å²) >= 11 is 0. The number of nitrogens with zero attached hydrogens (tertiary/aromatic N) is 4. The zero-order chi connectivity index (χ0) is 14.1. The van der Waals surface area contributed by atoms with Crippen LogP contribution in [0.1, 0.15) is 29.2 Å². The first kappa shape index (κ1) is 12.4. The average Bonchev–Trinajstić information content (AvgIpc) is 2.96. The summed E-state index contributed by atoms with van der Waals surface area (Å²) in [5.74, 6) is -0.982. The van der Waals surface area contributed by atoms with E-state index >= 15 is 0 Å². The fourth-order valence-electron chi connectivity index (χ4n) is 1.84. The molecule has 1 amide bonds. The van der Waals surface area contributed by atoms with Gasteiger partial charge in [-0.15, -0.1) is 0 Å². The van der Waals surface area contributed by atoms with Gasteiger partial charge in [0.2, 0.25) is 0 Å². The first-order valence-electron chi connectivity index (χ1n) is 6.22. The number of carbonyl (C=O) groups excluding carboxylic acids is 1. The van der Waals surface area contributed by atoms with Crippen LogP contribution in [0.25, 0.3) is 0 Å². The summed E-state index contributed by atoms with van der Waals surface area (Å²) < 4.78 is 3.03. The molecule has 1 aliphatic rings. The average molecular weight is 275 g/mol. The number of carbonyl (C=O) groups is 2. The molecule has 8 heteroatoms. The molecular formula is C12H13N5O3. The Bertz CT molecular complexity index is 656. The smallest absolute Gasteiger partial charge is 0.325 e. The molecule has 1 saturated carbocycles. The lowest BCUT2D eigenvalue weighted by Gasteiger charge is -1.99. The molecule has 0 bridgehead atoms. The van der Waals surface area contributed by atoms with Crippen molar-refractivity contribution in [1.82, 2.24) is 19.6 Å². The van der Waals surface area contributed by atoms with Gasteiger partial charge in [0.15, 0.2) is 5.82 Å². The van der Waals surface area contributed by atoms with Crippen molar-refractivity contribution in [3.8, 4) is 0 Å². The minimum Gasteiger partial charge on any atom is -0.480 e. The predicted octanol–water partition coefficient (Wildman–Crippen LogP) is 0.751. The van der Waals surface area contributed by atoms with Gasteiger partial charge in [-0.1, -0.05) is 0 Å². The Morgan fingerprint density at radius 1 is 1.45 bits per heavy atom. The highest BCUT2D eigenvalue weighted by molar-refractivity contribution is 6.03. The molecule has 0 aromatic carbocycles. The Kier molecular flexibility index (Phi) is 2.97. The summed E-state index contributed by atoms with van der Waals surface area (Å²) in [6.07, 6.45) is 6.92. The molecule has 2 N–H and O–H groups in total. The van der Waals surface area contributed by atoms with Crippen LogP contribution in [0.15, 0.2) is 24.7 Å². The van der Waals surface area contributed by atoms with Gasteiger partial charge < -0.3 is 10.4 Å². The summed E-state index contributed by atoms with van der Waals surface area (Å²) in [7, 11) is 0. The molecular weight excluding hydrogens is 262 g/mol. The first-order valence-corrected chi connectivity index (χ1v) is 6.22. The Morgan fingerprint density at radius 3 is 2.95 bits per heavy atom. The van der Waals surface area contributed by atoms with Crippen LogP contribution in [0.5, 0.6) is 0 Å². The quantitative estimate of drug-likeness (QED) is 0.838. The molecule has 0 aliphatic heterocycles. The Morgan fingerprint density at radius 2 is 2.25 bits per heavy atom. The van der Waals surface area contributed by atoms with Gasteiger partial charge in [-0.2, -0.15) is 10.2 Å². The topological polar surface area (TPSA) is 102 Å². The molecule has 8 nitrogen and oxygen atoms in total. The van der Waals surface area contributed by atoms with Gasteiger partial charge in [-0.3, -0.25) is 19.0 Å². The van der Waals surface area contributed by atoms with Gasteiger partial charge in [0.25, 0.3) is 5.91 Å². The highest BCUT2D eigenvalue weighted by Gasteiger charge is 2.25. The standard InChI is InChI=1S/C12H13N5O3/c18-11(19)7-16-4-3-10(15-16)14-12(20)8-5-13-17(6-8)9-1-2-9/h3-6,9H,1-2,7H2,(H,18,19)(H,14,15,20). The van der Waals surface area contributed by atoms with Crippen LogP contribution in [0.4, 0.5) is 5.82 Å². The Hall–Kier alpha value is -2.64. The molecule has 2 aromatic rings. The van der Waals surface area contributed by atoms with Crippen molar-refractivity contribution in [1.29, 1.82) is 0 Å². The normalized spacial score (nSPS) is 14.2. The van der Waals surface area contributed by atoms with Crippen LogP contribution < -0.4 is 5.32 Å². The Labute approximate surface area is 114 Å². The minimum atomic E-state index is -0.989. The lowest BCUT2D eigenvalue weighted by molar-refractivity contribution is -0.137. The van der Waals surface area contributed by atoms with E-state index < -0.39 is 5.97 Å². The second-order valence-corrected chi connectivity index (χ2v) is 4.69. The first-order chi connectivity index (χ1) is 9.61. The molecule has 0 atom stereocenters. The molecule has 0 radical (unpaired) electrons. The van der Waals surface area contributed by atoms with Crippen LogP contribution in [0.3, 0.4) is 0 Å². The molecule has 2 heterocycles. The number of aromatic nitrogens is 4. The number of anilines is 1. The number of aliphatic carboxylic acids is 1. The van der Waals surface area contributed by atoms with E-state index in [0.29, 0.717) is 17.4 Å². The number of hydrogen-bond acceptors (Lipinski definition) is 4. The number of rotatable bonds is 5. The van der Waals surface area contributed by atoms with Gasteiger partial charge in [0.05, 0.1) is 17.8 Å². The highest BCUT2D eigenvalue weighted by Crippen LogP contribution is 2.34. The highest BCUT2D eigenvalue weighted by atomic mass is 16.4. The number of carboxylic acids is 1. The summed E-state index contributed by atoms with van der Waals surface area (Å²) in [4.78, 5) is 22.5. The zero-order valence-corrected chi connectivity index (χ0v) is 10.6. The van der Waals surface area contributed by atoms with Crippen LogP contribution in [0.2, 0.25) is 0 Å². The van der Waals surface area contributed by atoms with E-state index in [1.54, 1.807) is 16.9 Å². The SMILES string of the molecule is O=C(O)Cn1ccc(NC(=O)c2cnn(C3CC3)c2)n1. The van der Waals surface area contributed by atoms with Crippen molar-refractivity contribution in [3.63, 3.8) is 0 Å². The molecule has 3 rings (SSSR count). The predicted molar refractivity (Wildman–Crippen MR) is 68.3 cm³/mol. The summed E-state index contributed by atoms with van der Waals surface area (Å²) in [5.41, 5.74) is 0.463. The lowest BCUT2D eigenvalue weighted by Crippen LogP contribution is -2.13. The maximum Gasteiger partial charge on any atom is 0.325 e. The monoisotopic (exact) mass is 275 g/mol. The third kappa shape index (κ3) is 2.68. The van der Waals surface area contributed by atoms with Crippen molar-refractivity contribution in [2.24, 2.45) is 0 Å². The van der Waals surface area contributed by atoms with Crippen molar-refractivity contribution < 1.29 is 14.7 Å². The molecule has 0 unspecified atom stereocenters. The van der Waals surface area contributed by atoms with E-state index in [4.69, 9.17) is 5.11 Å². The summed E-state index contributed by atoms with van der Waals surface area (Å²) in [5, 5.41) is 19.3. The summed E-state index contributed by atoms with van der Waals surface area (Å²) in [6, 6.07) is 1.97. The van der Waals surface area contributed by atoms with Crippen molar-refractivity contribution in [2.75, 3.05) is 5.32 Å². The van der Waals surface area contributed by atoms with E-state index in [0.717, 1.165) is 12.8 Å². The maximum absolute atomic E-state index is 12.0. The van der Waals surface area contributed by atoms with Gasteiger partial charge in [0.1, 0.15) is 6.54 Å². The van der Waals surface area contributed by atoms with Crippen LogP contribution >= 0.6 is 0 Å². The van der Waals surface area contributed by atoms with E-state index in [2.05, 4.69) is 15.5 Å². The molecule has 2 aromatic heterocycles. The fraction of sp³-hybridized carbons (Fsp3) is 0.333. The minimum absolute atomic E-state index is 0.241. The second-order valence-electron chi connectivity index (χ2n) is 4.69. The number of amides is 1. The zero-order valence-electron chi connectivity index (χ0n) is 10.6. The number of nitrogens with one attached hydrogen (secondary N) is 1. The van der Waals surface area contributed by atoms with Crippen LogP contribution in [0, 0.1) is 0 Å². The van der Waals surface area contributed by atoms with E-state index in [-0.39, 0.29) is 12.5 Å². The van der Waals surface area contributed by atoms with Crippen molar-refractivity contribution in [3.05, 3.63) is 30.2 Å². The van der Waals surface area contributed by atoms with Crippen LogP contribution in [-0.4, -0.2) is 36.5 Å². The third-order valence-corrected chi connectivity index (χ3v) is 2.96. The van der Waals surface area contributed by atoms with Crippen LogP contribution in [-0.2, 0) is 11.3 Å². The van der Waals surface area contributed by atoms with Crippen molar-refractivity contribution in [2.45, 2.75) is 25.4 Å². The van der Waals surface area contributed by atoms with Crippen molar-refractivity contribution >= 4 is 17.7 Å². The largest absolute Gasteiger partial charge is 0.480 e. The molecule has 1 aliphatic carbocycles. The molecule has 20 heavy (non-hydrogen) atoms. The number of carboxylic acid groups (broad SMARTS) is 1. The fourth-order valence-corrected chi connectivity index (χ4v) is 1.84. The second kappa shape index (κ2) is 4.80. The van der Waals surface area contributed by atoms with Gasteiger partial charge in [0, 0.05) is 18.5 Å². The third-order valence-electron chi connectivity index (χ3n) is 2.96. The lowest BCUT2D eigenvalue weighted by atomic mass is 10.3.